The number of amides is 1. The van der Waals surface area contributed by atoms with Crippen molar-refractivity contribution in [2.24, 2.45) is 0 Å². The first-order valence-corrected chi connectivity index (χ1v) is 9.38. The van der Waals surface area contributed by atoms with Gasteiger partial charge in [-0.25, -0.2) is 9.67 Å². The minimum absolute atomic E-state index is 0.160. The van der Waals surface area contributed by atoms with Crippen LogP contribution in [0.25, 0.3) is 5.69 Å². The molecule has 0 radical (unpaired) electrons. The third-order valence-corrected chi connectivity index (χ3v) is 5.22. The minimum Gasteiger partial charge on any atom is -0.345 e. The van der Waals surface area contributed by atoms with Crippen LogP contribution in [0.15, 0.2) is 24.3 Å². The van der Waals surface area contributed by atoms with Gasteiger partial charge in [-0.15, -0.1) is 5.10 Å². The number of carbonyl (C=O) groups excluding carboxylic acids is 1. The second-order valence-electron chi connectivity index (χ2n) is 7.65. The van der Waals surface area contributed by atoms with Gasteiger partial charge in [-0.2, -0.15) is 0 Å². The molecule has 0 saturated heterocycles. The summed E-state index contributed by atoms with van der Waals surface area (Å²) in [6, 6.07) is 8.68. The molecule has 0 bridgehead atoms. The fourth-order valence-electron chi connectivity index (χ4n) is 3.84. The van der Waals surface area contributed by atoms with E-state index in [9.17, 15) is 4.79 Å². The number of hydrogen-bond acceptors (Lipinski definition) is 4. The molecule has 1 N–H and O–H groups in total. The molecule has 0 aliphatic heterocycles. The lowest BCUT2D eigenvalue weighted by atomic mass is 10.0. The summed E-state index contributed by atoms with van der Waals surface area (Å²) in [7, 11) is 4.13. The van der Waals surface area contributed by atoms with Gasteiger partial charge in [0.05, 0.1) is 5.69 Å². The summed E-state index contributed by atoms with van der Waals surface area (Å²) in [6.07, 6.45) is 3.25. The van der Waals surface area contributed by atoms with E-state index in [4.69, 9.17) is 0 Å². The topological polar surface area (TPSA) is 63.1 Å². The number of para-hydroxylation sites is 1. The molecule has 6 nitrogen and oxygen atoms in total. The van der Waals surface area contributed by atoms with E-state index in [1.165, 1.54) is 5.56 Å². The maximum Gasteiger partial charge on any atom is 0.291 e. The van der Waals surface area contributed by atoms with E-state index in [0.717, 1.165) is 30.8 Å². The van der Waals surface area contributed by atoms with Crippen molar-refractivity contribution >= 4 is 5.91 Å². The Hall–Kier alpha value is -2.21. The van der Waals surface area contributed by atoms with Crippen LogP contribution in [0.5, 0.6) is 0 Å². The third-order valence-electron chi connectivity index (χ3n) is 5.22. The second-order valence-corrected chi connectivity index (χ2v) is 7.65. The van der Waals surface area contributed by atoms with Gasteiger partial charge in [0.25, 0.3) is 5.91 Å². The smallest absolute Gasteiger partial charge is 0.291 e. The number of nitrogens with zero attached hydrogens (tertiary/aromatic N) is 4. The summed E-state index contributed by atoms with van der Waals surface area (Å²) in [5.74, 6) is 1.14. The Labute approximate surface area is 155 Å². The quantitative estimate of drug-likeness (QED) is 0.896. The molecule has 0 spiro atoms. The summed E-state index contributed by atoms with van der Waals surface area (Å²) in [6.45, 7) is 6.19. The third kappa shape index (κ3) is 3.65. The first kappa shape index (κ1) is 18.6. The molecule has 0 unspecified atom stereocenters. The average molecular weight is 355 g/mol. The Kier molecular flexibility index (Phi) is 5.41. The van der Waals surface area contributed by atoms with E-state index in [2.05, 4.69) is 54.3 Å². The van der Waals surface area contributed by atoms with E-state index < -0.39 is 0 Å². The molecule has 6 heteroatoms. The molecule has 1 saturated carbocycles. The lowest BCUT2D eigenvalue weighted by Crippen LogP contribution is -2.46. The van der Waals surface area contributed by atoms with Gasteiger partial charge in [-0.1, -0.05) is 32.0 Å². The zero-order valence-corrected chi connectivity index (χ0v) is 16.4. The molecule has 1 aromatic carbocycles. The monoisotopic (exact) mass is 355 g/mol. The van der Waals surface area contributed by atoms with Gasteiger partial charge in [-0.05, 0) is 57.8 Å². The fourth-order valence-corrected chi connectivity index (χ4v) is 3.84. The molecule has 1 amide bonds. The largest absolute Gasteiger partial charge is 0.345 e. The molecule has 2 atom stereocenters. The summed E-state index contributed by atoms with van der Waals surface area (Å²) in [4.78, 5) is 19.3. The highest BCUT2D eigenvalue weighted by Gasteiger charge is 2.31. The Morgan fingerprint density at radius 2 is 2.00 bits per heavy atom. The molecule has 1 aromatic heterocycles. The molecule has 3 rings (SSSR count). The number of rotatable bonds is 5. The van der Waals surface area contributed by atoms with E-state index in [1.807, 2.05) is 25.1 Å². The second kappa shape index (κ2) is 7.58. The number of likely N-dealkylation sites (N-methyl/N-ethyl adjacent to an activating group) is 1. The average Bonchev–Trinajstić information content (AvgIpc) is 3.21. The highest BCUT2D eigenvalue weighted by atomic mass is 16.2. The highest BCUT2D eigenvalue weighted by molar-refractivity contribution is 5.90. The Morgan fingerprint density at radius 1 is 1.27 bits per heavy atom. The van der Waals surface area contributed by atoms with Gasteiger partial charge >= 0.3 is 0 Å². The summed E-state index contributed by atoms with van der Waals surface area (Å²) >= 11 is 0. The minimum atomic E-state index is -0.187. The molecule has 140 valence electrons. The van der Waals surface area contributed by atoms with Crippen LogP contribution in [0.1, 0.15) is 61.0 Å². The van der Waals surface area contributed by atoms with Crippen LogP contribution < -0.4 is 5.32 Å². The number of aryl methyl sites for hydroxylation is 1. The zero-order valence-electron chi connectivity index (χ0n) is 16.4. The van der Waals surface area contributed by atoms with Gasteiger partial charge in [0, 0.05) is 12.1 Å². The Morgan fingerprint density at radius 3 is 2.69 bits per heavy atom. The number of nitrogens with one attached hydrogen (secondary N) is 1. The van der Waals surface area contributed by atoms with Crippen LogP contribution in [0, 0.1) is 6.92 Å². The van der Waals surface area contributed by atoms with Gasteiger partial charge in [-0.3, -0.25) is 4.79 Å². The van der Waals surface area contributed by atoms with Crippen molar-refractivity contribution in [2.45, 2.75) is 58.0 Å². The SMILES string of the molecule is Cc1nc(C(=O)N[C@@H]2CCC[C@H]2N(C)C)nn1-c1ccccc1C(C)C. The summed E-state index contributed by atoms with van der Waals surface area (Å²) in [5, 5.41) is 7.65. The van der Waals surface area contributed by atoms with E-state index in [0.29, 0.717) is 12.0 Å². The molecular weight excluding hydrogens is 326 g/mol. The van der Waals surface area contributed by atoms with Crippen LogP contribution in [0.3, 0.4) is 0 Å². The Bertz CT molecular complexity index is 780. The van der Waals surface area contributed by atoms with E-state index in [1.54, 1.807) is 4.68 Å². The molecule has 1 aliphatic carbocycles. The van der Waals surface area contributed by atoms with Crippen molar-refractivity contribution in [1.82, 2.24) is 25.0 Å². The molecule has 26 heavy (non-hydrogen) atoms. The van der Waals surface area contributed by atoms with Crippen molar-refractivity contribution < 1.29 is 4.79 Å². The van der Waals surface area contributed by atoms with Crippen LogP contribution in [0.2, 0.25) is 0 Å². The van der Waals surface area contributed by atoms with Gasteiger partial charge in [0.15, 0.2) is 0 Å². The van der Waals surface area contributed by atoms with Gasteiger partial charge in [0.2, 0.25) is 5.82 Å². The van der Waals surface area contributed by atoms with Crippen LogP contribution in [-0.2, 0) is 0 Å². The number of hydrogen-bond donors (Lipinski definition) is 1. The molecule has 1 heterocycles. The molecular formula is C20H29N5O. The predicted octanol–water partition coefficient (Wildman–Crippen LogP) is 2.91. The van der Waals surface area contributed by atoms with Gasteiger partial charge < -0.3 is 10.2 Å². The van der Waals surface area contributed by atoms with Crippen molar-refractivity contribution in [3.8, 4) is 5.69 Å². The molecule has 1 aliphatic rings. The van der Waals surface area contributed by atoms with E-state index in [-0.39, 0.29) is 17.8 Å². The number of benzene rings is 1. The van der Waals surface area contributed by atoms with Crippen molar-refractivity contribution in [1.29, 1.82) is 0 Å². The van der Waals surface area contributed by atoms with Crippen LogP contribution in [0.4, 0.5) is 0 Å². The Balaban J connectivity index is 1.83. The predicted molar refractivity (Wildman–Crippen MR) is 103 cm³/mol. The number of carbonyl (C=O) groups is 1. The van der Waals surface area contributed by atoms with Crippen LogP contribution >= 0.6 is 0 Å². The zero-order chi connectivity index (χ0) is 18.8. The maximum absolute atomic E-state index is 12.7. The number of aromatic nitrogens is 3. The van der Waals surface area contributed by atoms with Crippen molar-refractivity contribution in [2.75, 3.05) is 14.1 Å². The van der Waals surface area contributed by atoms with Crippen LogP contribution in [-0.4, -0.2) is 51.8 Å². The van der Waals surface area contributed by atoms with Crippen molar-refractivity contribution in [3.63, 3.8) is 0 Å². The van der Waals surface area contributed by atoms with E-state index >= 15 is 0 Å². The maximum atomic E-state index is 12.7. The lowest BCUT2D eigenvalue weighted by Gasteiger charge is -2.26. The standard InChI is InChI=1S/C20H29N5O/c1-13(2)15-9-6-7-11-17(15)25-14(3)21-19(23-25)20(26)22-16-10-8-12-18(16)24(4)5/h6-7,9,11,13,16,18H,8,10,12H2,1-5H3,(H,22,26)/t16-,18-/m1/s1. The highest BCUT2D eigenvalue weighted by Crippen LogP contribution is 2.24. The lowest BCUT2D eigenvalue weighted by molar-refractivity contribution is 0.0908. The first-order chi connectivity index (χ1) is 12.4. The van der Waals surface area contributed by atoms with Crippen molar-refractivity contribution in [3.05, 3.63) is 41.5 Å². The molecule has 2 aromatic rings. The summed E-state index contributed by atoms with van der Waals surface area (Å²) < 4.78 is 1.78. The van der Waals surface area contributed by atoms with Gasteiger partial charge in [0.1, 0.15) is 5.82 Å². The summed E-state index contributed by atoms with van der Waals surface area (Å²) in [5.41, 5.74) is 2.18. The fraction of sp³-hybridized carbons (Fsp3) is 0.550. The molecule has 1 fully saturated rings. The first-order valence-electron chi connectivity index (χ1n) is 9.38. The normalized spacial score (nSPS) is 20.1.